The summed E-state index contributed by atoms with van der Waals surface area (Å²) in [4.78, 5) is 4.04. The third-order valence-electron chi connectivity index (χ3n) is 1.81. The van der Waals surface area contributed by atoms with Crippen LogP contribution in [0.5, 0.6) is 0 Å². The van der Waals surface area contributed by atoms with Gasteiger partial charge in [0.05, 0.1) is 14.8 Å². The quantitative estimate of drug-likeness (QED) is 0.709. The molecule has 0 aliphatic carbocycles. The molecule has 0 spiro atoms. The van der Waals surface area contributed by atoms with Gasteiger partial charge in [-0.3, -0.25) is 0 Å². The summed E-state index contributed by atoms with van der Waals surface area (Å²) in [6, 6.07) is 8.29. The molecule has 0 atom stereocenters. The van der Waals surface area contributed by atoms with Crippen molar-refractivity contribution in [2.24, 2.45) is 0 Å². The van der Waals surface area contributed by atoms with E-state index in [2.05, 4.69) is 4.98 Å². The molecule has 0 aliphatic heterocycles. The van der Waals surface area contributed by atoms with E-state index in [-0.39, 0.29) is 10.7 Å². The summed E-state index contributed by atoms with van der Waals surface area (Å²) < 4.78 is 14.6. The Labute approximate surface area is 83.6 Å². The van der Waals surface area contributed by atoms with Crippen LogP contribution >= 0.6 is 11.6 Å². The summed E-state index contributed by atoms with van der Waals surface area (Å²) in [5.41, 5.74) is 0.705. The van der Waals surface area contributed by atoms with Gasteiger partial charge in [-0.2, -0.15) is 0 Å². The van der Waals surface area contributed by atoms with Gasteiger partial charge in [0, 0.05) is 5.39 Å². The number of nitrogens with zero attached hydrogens (tertiary/aromatic N) is 1. The maximum Gasteiger partial charge on any atom is 0.130 e. The molecule has 1 N–H and O–H groups in total. The average Bonchev–Trinajstić information content (AvgIpc) is 2.15. The largest absolute Gasteiger partial charge is 0.392 e. The van der Waals surface area contributed by atoms with E-state index in [1.54, 1.807) is 24.3 Å². The average molecular weight is 196 g/mol. The minimum absolute atomic E-state index is 0.137. The van der Waals surface area contributed by atoms with Crippen molar-refractivity contribution >= 4 is 22.5 Å². The number of halogens is 1. The summed E-state index contributed by atoms with van der Waals surface area (Å²) in [7, 11) is 0. The number of aliphatic hydroxyl groups is 1. The Morgan fingerprint density at radius 1 is 1.46 bits per heavy atom. The van der Waals surface area contributed by atoms with E-state index >= 15 is 0 Å². The predicted octanol–water partition coefficient (Wildman–Crippen LogP) is 2.38. The van der Waals surface area contributed by atoms with Crippen molar-refractivity contribution in [1.29, 1.82) is 0 Å². The van der Waals surface area contributed by atoms with E-state index in [4.69, 9.17) is 14.3 Å². The molecule has 0 bridgehead atoms. The first-order valence-electron chi connectivity index (χ1n) is 4.76. The van der Waals surface area contributed by atoms with E-state index < -0.39 is 6.56 Å². The summed E-state index contributed by atoms with van der Waals surface area (Å²) in [5, 5.41) is 10.1. The van der Waals surface area contributed by atoms with Crippen molar-refractivity contribution in [3.05, 3.63) is 41.0 Å². The molecular formula is C10H8ClNO. The van der Waals surface area contributed by atoms with Crippen molar-refractivity contribution in [3.63, 3.8) is 0 Å². The maximum absolute atomic E-state index is 9.36. The minimum atomic E-state index is -2.41. The molecule has 0 aliphatic rings. The third kappa shape index (κ3) is 1.50. The summed E-state index contributed by atoms with van der Waals surface area (Å²) in [5.74, 6) is 0. The Morgan fingerprint density at radius 2 is 2.23 bits per heavy atom. The molecule has 0 unspecified atom stereocenters. The van der Waals surface area contributed by atoms with Gasteiger partial charge in [0.25, 0.3) is 0 Å². The van der Waals surface area contributed by atoms with Crippen LogP contribution in [0.25, 0.3) is 10.9 Å². The molecule has 1 aromatic heterocycles. The molecule has 3 heteroatoms. The summed E-state index contributed by atoms with van der Waals surface area (Å²) >= 11 is 5.74. The van der Waals surface area contributed by atoms with Crippen molar-refractivity contribution in [1.82, 2.24) is 4.98 Å². The van der Waals surface area contributed by atoms with Gasteiger partial charge < -0.3 is 5.11 Å². The predicted molar refractivity (Wildman–Crippen MR) is 52.7 cm³/mol. The van der Waals surface area contributed by atoms with Gasteiger partial charge >= 0.3 is 0 Å². The molecular weight excluding hydrogens is 186 g/mol. The topological polar surface area (TPSA) is 33.1 Å². The molecule has 13 heavy (non-hydrogen) atoms. The Balaban J connectivity index is 2.83. The molecule has 0 amide bonds. The molecule has 2 nitrogen and oxygen atoms in total. The number of fused-ring (bicyclic) bond motifs is 1. The first-order chi connectivity index (χ1) is 6.98. The number of pyridine rings is 1. The molecule has 2 aromatic rings. The van der Waals surface area contributed by atoms with Crippen LogP contribution in [-0.2, 0) is 6.56 Å². The highest BCUT2D eigenvalue weighted by atomic mass is 35.5. The van der Waals surface area contributed by atoms with E-state index in [1.807, 2.05) is 0 Å². The molecule has 1 heterocycles. The molecule has 0 radical (unpaired) electrons. The Hall–Kier alpha value is -1.12. The van der Waals surface area contributed by atoms with Crippen molar-refractivity contribution in [2.45, 2.75) is 6.56 Å². The fourth-order valence-corrected chi connectivity index (χ4v) is 1.44. The lowest BCUT2D eigenvalue weighted by atomic mass is 10.1. The van der Waals surface area contributed by atoms with E-state index in [0.29, 0.717) is 10.9 Å². The summed E-state index contributed by atoms with van der Waals surface area (Å²) in [6.07, 6.45) is 0. The van der Waals surface area contributed by atoms with Crippen LogP contribution in [0.15, 0.2) is 30.3 Å². The zero-order chi connectivity index (χ0) is 11.1. The third-order valence-corrected chi connectivity index (χ3v) is 2.00. The zero-order valence-electron chi connectivity index (χ0n) is 8.66. The van der Waals surface area contributed by atoms with E-state index in [9.17, 15) is 5.11 Å². The first kappa shape index (κ1) is 6.35. The molecule has 2 rings (SSSR count). The second-order valence-corrected chi connectivity index (χ2v) is 3.01. The molecule has 0 fully saturated rings. The van der Waals surface area contributed by atoms with Crippen molar-refractivity contribution in [3.8, 4) is 0 Å². The van der Waals surface area contributed by atoms with Crippen LogP contribution < -0.4 is 0 Å². The maximum atomic E-state index is 9.36. The lowest BCUT2D eigenvalue weighted by molar-refractivity contribution is 0.283. The molecule has 0 saturated carbocycles. The van der Waals surface area contributed by atoms with Crippen LogP contribution in [0.3, 0.4) is 0 Å². The monoisotopic (exact) mass is 195 g/mol. The van der Waals surface area contributed by atoms with Crippen LogP contribution in [0.1, 0.15) is 8.30 Å². The van der Waals surface area contributed by atoms with Crippen LogP contribution in [-0.4, -0.2) is 10.1 Å². The van der Waals surface area contributed by atoms with Crippen LogP contribution in [0.2, 0.25) is 5.15 Å². The van der Waals surface area contributed by atoms with E-state index in [1.165, 1.54) is 6.07 Å². The van der Waals surface area contributed by atoms with Crippen LogP contribution in [0.4, 0.5) is 0 Å². The minimum Gasteiger partial charge on any atom is -0.392 e. The lowest BCUT2D eigenvalue weighted by Gasteiger charge is -2.02. The lowest BCUT2D eigenvalue weighted by Crippen LogP contribution is -1.88. The Kier molecular flexibility index (Phi) is 1.62. The second-order valence-electron chi connectivity index (χ2n) is 2.62. The molecule has 1 aromatic carbocycles. The highest BCUT2D eigenvalue weighted by molar-refractivity contribution is 6.29. The second kappa shape index (κ2) is 3.32. The fourth-order valence-electron chi connectivity index (χ4n) is 1.24. The number of aromatic nitrogens is 1. The van der Waals surface area contributed by atoms with Gasteiger partial charge in [0.15, 0.2) is 0 Å². The zero-order valence-corrected chi connectivity index (χ0v) is 7.42. The number of hydrogen-bond donors (Lipinski definition) is 1. The number of para-hydroxylation sites is 1. The standard InChI is InChI=1S/C10H8ClNO/c11-10-5-7(6-13)8-3-1-2-4-9(8)12-10/h1-5,13H,6H2/i6D2. The van der Waals surface area contributed by atoms with Crippen molar-refractivity contribution < 1.29 is 7.85 Å². The van der Waals surface area contributed by atoms with E-state index in [0.717, 1.165) is 0 Å². The normalized spacial score (nSPS) is 14.0. The van der Waals surface area contributed by atoms with Crippen LogP contribution in [0, 0.1) is 0 Å². The summed E-state index contributed by atoms with van der Waals surface area (Å²) in [6.45, 7) is -2.41. The highest BCUT2D eigenvalue weighted by Crippen LogP contribution is 2.20. The van der Waals surface area contributed by atoms with Gasteiger partial charge in [-0.1, -0.05) is 29.8 Å². The van der Waals surface area contributed by atoms with Gasteiger partial charge in [0.2, 0.25) is 0 Å². The smallest absolute Gasteiger partial charge is 0.130 e. The highest BCUT2D eigenvalue weighted by Gasteiger charge is 2.02. The van der Waals surface area contributed by atoms with Gasteiger partial charge in [0.1, 0.15) is 5.15 Å². The first-order valence-corrected chi connectivity index (χ1v) is 4.14. The van der Waals surface area contributed by atoms with Gasteiger partial charge in [-0.25, -0.2) is 4.98 Å². The van der Waals surface area contributed by atoms with Gasteiger partial charge in [-0.15, -0.1) is 0 Å². The Morgan fingerprint density at radius 3 is 3.00 bits per heavy atom. The Bertz CT molecular complexity index is 510. The number of rotatable bonds is 1. The fraction of sp³-hybridized carbons (Fsp3) is 0.100. The van der Waals surface area contributed by atoms with Crippen molar-refractivity contribution in [2.75, 3.05) is 0 Å². The SMILES string of the molecule is [2H]C([2H])(O)c1cc(Cl)nc2ccccc12. The molecule has 0 saturated heterocycles. The number of benzene rings is 1. The number of hydrogen-bond acceptors (Lipinski definition) is 2. The molecule has 66 valence electrons. The van der Waals surface area contributed by atoms with Gasteiger partial charge in [-0.05, 0) is 17.7 Å².